The van der Waals surface area contributed by atoms with E-state index in [-0.39, 0.29) is 5.91 Å². The fraction of sp³-hybridized carbons (Fsp3) is 0.0500. The Morgan fingerprint density at radius 2 is 1.79 bits per heavy atom. The molecule has 3 aromatic rings. The molecule has 0 spiro atoms. The molecular formula is C20H18N4O3S. The maximum absolute atomic E-state index is 12.4. The van der Waals surface area contributed by atoms with Crippen molar-refractivity contribution in [2.45, 2.75) is 16.7 Å². The molecule has 2 aromatic carbocycles. The third kappa shape index (κ3) is 5.01. The van der Waals surface area contributed by atoms with Gasteiger partial charge in [-0.1, -0.05) is 17.8 Å². The van der Waals surface area contributed by atoms with Crippen molar-refractivity contribution < 1.29 is 14.7 Å². The monoisotopic (exact) mass is 394 g/mol. The first-order valence-electron chi connectivity index (χ1n) is 8.32. The average molecular weight is 394 g/mol. The topological polar surface area (TPSA) is 117 Å². The molecule has 1 heterocycles. The second kappa shape index (κ2) is 8.45. The number of pyridine rings is 1. The maximum Gasteiger partial charge on any atom is 0.409 e. The number of amides is 2. The molecule has 0 unspecified atom stereocenters. The maximum atomic E-state index is 12.4. The third-order valence-electron chi connectivity index (χ3n) is 3.76. The Kier molecular flexibility index (Phi) is 5.81. The molecule has 0 radical (unpaired) electrons. The Bertz CT molecular complexity index is 1000. The van der Waals surface area contributed by atoms with Crippen LogP contribution in [0.3, 0.4) is 0 Å². The van der Waals surface area contributed by atoms with Gasteiger partial charge in [0.1, 0.15) is 5.82 Å². The van der Waals surface area contributed by atoms with Crippen LogP contribution in [0, 0.1) is 6.92 Å². The lowest BCUT2D eigenvalue weighted by Gasteiger charge is -2.09. The normalized spacial score (nSPS) is 10.3. The first kappa shape index (κ1) is 19.2. The molecule has 0 saturated heterocycles. The highest BCUT2D eigenvalue weighted by molar-refractivity contribution is 7.99. The van der Waals surface area contributed by atoms with Crippen molar-refractivity contribution in [2.24, 2.45) is 0 Å². The second-order valence-electron chi connectivity index (χ2n) is 5.98. The largest absolute Gasteiger partial charge is 0.465 e. The van der Waals surface area contributed by atoms with Gasteiger partial charge in [0.25, 0.3) is 5.91 Å². The SMILES string of the molecule is Cc1ccc(NC(=O)c2ccc(Sc3ccc(NC(=O)O)cc3)c(N)c2)nc1. The van der Waals surface area contributed by atoms with Gasteiger partial charge in [-0.05, 0) is 61.0 Å². The summed E-state index contributed by atoms with van der Waals surface area (Å²) in [6.45, 7) is 1.92. The van der Waals surface area contributed by atoms with E-state index in [4.69, 9.17) is 10.8 Å². The van der Waals surface area contributed by atoms with Gasteiger partial charge in [0, 0.05) is 32.9 Å². The summed E-state index contributed by atoms with van der Waals surface area (Å²) in [7, 11) is 0. The number of rotatable bonds is 5. The van der Waals surface area contributed by atoms with Gasteiger partial charge in [-0.2, -0.15) is 0 Å². The minimum absolute atomic E-state index is 0.288. The zero-order chi connectivity index (χ0) is 20.1. The standard InChI is InChI=1S/C20H18N4O3S/c1-12-2-9-18(22-11-12)24-19(25)13-3-8-17(16(21)10-13)28-15-6-4-14(5-7-15)23-20(26)27/h2-11,23H,21H2,1H3,(H,26,27)(H,22,24,25). The van der Waals surface area contributed by atoms with Crippen LogP contribution in [0.25, 0.3) is 0 Å². The van der Waals surface area contributed by atoms with E-state index < -0.39 is 6.09 Å². The number of nitrogens with two attached hydrogens (primary N) is 1. The number of aromatic nitrogens is 1. The van der Waals surface area contributed by atoms with Crippen molar-refractivity contribution in [1.82, 2.24) is 4.98 Å². The van der Waals surface area contributed by atoms with Crippen molar-refractivity contribution in [3.8, 4) is 0 Å². The van der Waals surface area contributed by atoms with E-state index in [9.17, 15) is 9.59 Å². The van der Waals surface area contributed by atoms with Crippen LogP contribution >= 0.6 is 11.8 Å². The highest BCUT2D eigenvalue weighted by atomic mass is 32.2. The van der Waals surface area contributed by atoms with Crippen LogP contribution in [0.4, 0.5) is 22.0 Å². The quantitative estimate of drug-likeness (QED) is 0.475. The smallest absolute Gasteiger partial charge is 0.409 e. The molecule has 0 bridgehead atoms. The lowest BCUT2D eigenvalue weighted by molar-refractivity contribution is 0.102. The molecule has 3 rings (SSSR count). The summed E-state index contributed by atoms with van der Waals surface area (Å²) in [4.78, 5) is 28.9. The average Bonchev–Trinajstić information content (AvgIpc) is 2.66. The van der Waals surface area contributed by atoms with Gasteiger partial charge in [-0.3, -0.25) is 10.1 Å². The Labute approximate surface area is 166 Å². The number of anilines is 3. The molecule has 0 aliphatic carbocycles. The summed E-state index contributed by atoms with van der Waals surface area (Å²) in [6.07, 6.45) is 0.570. The van der Waals surface area contributed by atoms with Crippen LogP contribution in [0.1, 0.15) is 15.9 Å². The molecule has 5 N–H and O–H groups in total. The molecular weight excluding hydrogens is 376 g/mol. The molecule has 7 nitrogen and oxygen atoms in total. The summed E-state index contributed by atoms with van der Waals surface area (Å²) in [6, 6.07) is 15.6. The van der Waals surface area contributed by atoms with Crippen LogP contribution in [-0.4, -0.2) is 22.1 Å². The summed E-state index contributed by atoms with van der Waals surface area (Å²) in [5.41, 5.74) is 8.52. The van der Waals surface area contributed by atoms with E-state index in [0.717, 1.165) is 15.4 Å². The highest BCUT2D eigenvalue weighted by Gasteiger charge is 2.10. The number of carbonyl (C=O) groups excluding carboxylic acids is 1. The van der Waals surface area contributed by atoms with Crippen molar-refractivity contribution in [3.05, 3.63) is 71.9 Å². The predicted octanol–water partition coefficient (Wildman–Crippen LogP) is 4.47. The Balaban J connectivity index is 1.68. The molecule has 0 aliphatic rings. The zero-order valence-corrected chi connectivity index (χ0v) is 15.8. The van der Waals surface area contributed by atoms with Gasteiger partial charge in [0.15, 0.2) is 0 Å². The molecule has 28 heavy (non-hydrogen) atoms. The molecule has 0 saturated carbocycles. The highest BCUT2D eigenvalue weighted by Crippen LogP contribution is 2.33. The molecule has 0 fully saturated rings. The molecule has 1 aromatic heterocycles. The molecule has 0 atom stereocenters. The van der Waals surface area contributed by atoms with Crippen LogP contribution in [0.2, 0.25) is 0 Å². The van der Waals surface area contributed by atoms with E-state index in [2.05, 4.69) is 15.6 Å². The predicted molar refractivity (Wildman–Crippen MR) is 110 cm³/mol. The molecule has 142 valence electrons. The number of hydrogen-bond donors (Lipinski definition) is 4. The Morgan fingerprint density at radius 1 is 1.04 bits per heavy atom. The third-order valence-corrected chi connectivity index (χ3v) is 4.86. The number of hydrogen-bond acceptors (Lipinski definition) is 5. The number of benzene rings is 2. The van der Waals surface area contributed by atoms with Gasteiger partial charge in [-0.25, -0.2) is 9.78 Å². The number of carboxylic acid groups (broad SMARTS) is 1. The Hall–Kier alpha value is -3.52. The number of nitrogens with one attached hydrogen (secondary N) is 2. The minimum Gasteiger partial charge on any atom is -0.465 e. The summed E-state index contributed by atoms with van der Waals surface area (Å²) < 4.78 is 0. The fourth-order valence-electron chi connectivity index (χ4n) is 2.37. The molecule has 2 amide bonds. The van der Waals surface area contributed by atoms with Crippen LogP contribution in [-0.2, 0) is 0 Å². The van der Waals surface area contributed by atoms with Crippen LogP contribution < -0.4 is 16.4 Å². The summed E-state index contributed by atoms with van der Waals surface area (Å²) in [5, 5.41) is 13.7. The van der Waals surface area contributed by atoms with Gasteiger partial charge in [0.2, 0.25) is 0 Å². The lowest BCUT2D eigenvalue weighted by Crippen LogP contribution is -2.13. The second-order valence-corrected chi connectivity index (χ2v) is 7.10. The van der Waals surface area contributed by atoms with Crippen molar-refractivity contribution in [2.75, 3.05) is 16.4 Å². The summed E-state index contributed by atoms with van der Waals surface area (Å²) >= 11 is 1.42. The number of nitrogens with zero attached hydrogens (tertiary/aromatic N) is 1. The van der Waals surface area contributed by atoms with Crippen LogP contribution in [0.5, 0.6) is 0 Å². The number of aryl methyl sites for hydroxylation is 1. The zero-order valence-electron chi connectivity index (χ0n) is 15.0. The first-order valence-corrected chi connectivity index (χ1v) is 9.14. The minimum atomic E-state index is -1.11. The van der Waals surface area contributed by atoms with E-state index >= 15 is 0 Å². The van der Waals surface area contributed by atoms with Crippen molar-refractivity contribution in [3.63, 3.8) is 0 Å². The first-order chi connectivity index (χ1) is 13.4. The lowest BCUT2D eigenvalue weighted by atomic mass is 10.2. The van der Waals surface area contributed by atoms with E-state index in [1.54, 1.807) is 54.7 Å². The van der Waals surface area contributed by atoms with Crippen molar-refractivity contribution >= 4 is 41.0 Å². The van der Waals surface area contributed by atoms with Gasteiger partial charge >= 0.3 is 6.09 Å². The van der Waals surface area contributed by atoms with Gasteiger partial charge in [-0.15, -0.1) is 0 Å². The fourth-order valence-corrected chi connectivity index (χ4v) is 3.21. The van der Waals surface area contributed by atoms with Gasteiger partial charge < -0.3 is 16.2 Å². The van der Waals surface area contributed by atoms with Gasteiger partial charge in [0.05, 0.1) is 0 Å². The number of nitrogen functional groups attached to an aromatic ring is 1. The molecule has 0 aliphatic heterocycles. The van der Waals surface area contributed by atoms with Crippen molar-refractivity contribution in [1.29, 1.82) is 0 Å². The Morgan fingerprint density at radius 3 is 2.39 bits per heavy atom. The molecule has 8 heteroatoms. The van der Waals surface area contributed by atoms with E-state index in [1.165, 1.54) is 11.8 Å². The number of carbonyl (C=O) groups is 2. The summed E-state index contributed by atoms with van der Waals surface area (Å²) in [5.74, 6) is 0.186. The van der Waals surface area contributed by atoms with E-state index in [0.29, 0.717) is 22.8 Å². The van der Waals surface area contributed by atoms with E-state index in [1.807, 2.05) is 13.0 Å². The van der Waals surface area contributed by atoms with Crippen LogP contribution in [0.15, 0.2) is 70.6 Å².